The third-order valence-corrected chi connectivity index (χ3v) is 4.54. The molecule has 0 saturated heterocycles. The van der Waals surface area contributed by atoms with Gasteiger partial charge in [-0.2, -0.15) is 0 Å². The van der Waals surface area contributed by atoms with Crippen LogP contribution >= 0.6 is 11.6 Å². The summed E-state index contributed by atoms with van der Waals surface area (Å²) < 4.78 is 11.6. The molecule has 1 aromatic rings. The van der Waals surface area contributed by atoms with Crippen molar-refractivity contribution < 1.29 is 19.4 Å². The van der Waals surface area contributed by atoms with E-state index in [4.69, 9.17) is 21.1 Å². The van der Waals surface area contributed by atoms with Gasteiger partial charge in [-0.3, -0.25) is 4.79 Å². The first-order valence-electron chi connectivity index (χ1n) is 7.33. The number of benzene rings is 1. The SMILES string of the molecule is CC(C)c1c2c(cc(Cl)c1C1(C(=O)O)CC1)OCCCO2. The van der Waals surface area contributed by atoms with Gasteiger partial charge in [-0.05, 0) is 24.3 Å². The lowest BCUT2D eigenvalue weighted by Gasteiger charge is -2.24. The zero-order valence-electron chi connectivity index (χ0n) is 12.2. The van der Waals surface area contributed by atoms with Crippen molar-refractivity contribution in [1.29, 1.82) is 0 Å². The van der Waals surface area contributed by atoms with Gasteiger partial charge in [-0.25, -0.2) is 0 Å². The number of fused-ring (bicyclic) bond motifs is 1. The Balaban J connectivity index is 2.25. The summed E-state index contributed by atoms with van der Waals surface area (Å²) in [6.45, 7) is 5.22. The fourth-order valence-electron chi connectivity index (χ4n) is 3.03. The number of carboxylic acid groups (broad SMARTS) is 1. The summed E-state index contributed by atoms with van der Waals surface area (Å²) in [5, 5.41) is 10.1. The van der Waals surface area contributed by atoms with E-state index >= 15 is 0 Å². The molecule has 2 aliphatic rings. The summed E-state index contributed by atoms with van der Waals surface area (Å²) >= 11 is 6.43. The number of rotatable bonds is 3. The fraction of sp³-hybridized carbons (Fsp3) is 0.562. The van der Waals surface area contributed by atoms with E-state index in [0.29, 0.717) is 42.6 Å². The quantitative estimate of drug-likeness (QED) is 0.924. The highest BCUT2D eigenvalue weighted by Gasteiger charge is 2.55. The molecule has 5 heteroatoms. The van der Waals surface area contributed by atoms with E-state index in [1.54, 1.807) is 6.07 Å². The molecular formula is C16H19ClO4. The average molecular weight is 311 g/mol. The predicted octanol–water partition coefficient (Wildman–Crippen LogP) is 3.74. The van der Waals surface area contributed by atoms with Gasteiger partial charge in [0.25, 0.3) is 0 Å². The molecule has 1 N–H and O–H groups in total. The highest BCUT2D eigenvalue weighted by molar-refractivity contribution is 6.32. The van der Waals surface area contributed by atoms with Crippen LogP contribution in [-0.4, -0.2) is 24.3 Å². The van der Waals surface area contributed by atoms with Crippen LogP contribution in [0.5, 0.6) is 11.5 Å². The summed E-state index contributed by atoms with van der Waals surface area (Å²) in [4.78, 5) is 11.7. The molecule has 0 radical (unpaired) electrons. The van der Waals surface area contributed by atoms with Crippen molar-refractivity contribution in [2.75, 3.05) is 13.2 Å². The Morgan fingerprint density at radius 3 is 2.57 bits per heavy atom. The molecule has 0 aromatic heterocycles. The predicted molar refractivity (Wildman–Crippen MR) is 79.7 cm³/mol. The van der Waals surface area contributed by atoms with Gasteiger partial charge in [0.15, 0.2) is 11.5 Å². The second kappa shape index (κ2) is 5.09. The number of halogens is 1. The molecule has 1 aromatic carbocycles. The Labute approximate surface area is 129 Å². The number of hydrogen-bond acceptors (Lipinski definition) is 3. The number of ether oxygens (including phenoxy) is 2. The highest BCUT2D eigenvalue weighted by atomic mass is 35.5. The first kappa shape index (κ1) is 14.5. The van der Waals surface area contributed by atoms with Crippen LogP contribution in [0.15, 0.2) is 6.07 Å². The second-order valence-electron chi connectivity index (χ2n) is 6.07. The van der Waals surface area contributed by atoms with Crippen molar-refractivity contribution in [3.8, 4) is 11.5 Å². The molecule has 1 saturated carbocycles. The lowest BCUT2D eigenvalue weighted by molar-refractivity contribution is -0.140. The van der Waals surface area contributed by atoms with Crippen LogP contribution in [-0.2, 0) is 10.2 Å². The second-order valence-corrected chi connectivity index (χ2v) is 6.47. The Morgan fingerprint density at radius 1 is 1.33 bits per heavy atom. The molecule has 3 rings (SSSR count). The van der Waals surface area contributed by atoms with Gasteiger partial charge in [0, 0.05) is 23.1 Å². The van der Waals surface area contributed by atoms with Crippen molar-refractivity contribution in [3.05, 3.63) is 22.2 Å². The number of aliphatic carboxylic acids is 1. The average Bonchev–Trinajstić information content (AvgIpc) is 3.20. The zero-order chi connectivity index (χ0) is 15.2. The van der Waals surface area contributed by atoms with Gasteiger partial charge in [0.1, 0.15) is 0 Å². The summed E-state index contributed by atoms with van der Waals surface area (Å²) in [5.74, 6) is 0.618. The Bertz CT molecular complexity index is 590. The minimum Gasteiger partial charge on any atom is -0.489 e. The van der Waals surface area contributed by atoms with Crippen LogP contribution in [0.1, 0.15) is 50.2 Å². The monoisotopic (exact) mass is 310 g/mol. The van der Waals surface area contributed by atoms with Gasteiger partial charge in [-0.1, -0.05) is 25.4 Å². The van der Waals surface area contributed by atoms with Gasteiger partial charge >= 0.3 is 5.97 Å². The molecule has 1 aliphatic carbocycles. The Morgan fingerprint density at radius 2 is 2.00 bits per heavy atom. The lowest BCUT2D eigenvalue weighted by Crippen LogP contribution is -2.23. The van der Waals surface area contributed by atoms with Gasteiger partial charge in [-0.15, -0.1) is 0 Å². The van der Waals surface area contributed by atoms with Crippen LogP contribution in [0, 0.1) is 0 Å². The normalized spacial score (nSPS) is 19.2. The summed E-state index contributed by atoms with van der Waals surface area (Å²) in [6, 6.07) is 1.71. The molecule has 1 fully saturated rings. The number of hydrogen-bond donors (Lipinski definition) is 1. The smallest absolute Gasteiger partial charge is 0.314 e. The topological polar surface area (TPSA) is 55.8 Å². The number of carboxylic acids is 1. The van der Waals surface area contributed by atoms with Crippen molar-refractivity contribution in [3.63, 3.8) is 0 Å². The first-order chi connectivity index (χ1) is 9.97. The van der Waals surface area contributed by atoms with Crippen molar-refractivity contribution in [1.82, 2.24) is 0 Å². The minimum atomic E-state index is -0.846. The third-order valence-electron chi connectivity index (χ3n) is 4.24. The van der Waals surface area contributed by atoms with Crippen LogP contribution in [0.3, 0.4) is 0 Å². The molecular weight excluding hydrogens is 292 g/mol. The van der Waals surface area contributed by atoms with Crippen molar-refractivity contribution >= 4 is 17.6 Å². The molecule has 114 valence electrons. The Hall–Kier alpha value is -1.42. The van der Waals surface area contributed by atoms with Gasteiger partial charge < -0.3 is 14.6 Å². The molecule has 0 amide bonds. The van der Waals surface area contributed by atoms with E-state index < -0.39 is 11.4 Å². The molecule has 1 heterocycles. The van der Waals surface area contributed by atoms with E-state index in [9.17, 15) is 9.90 Å². The lowest BCUT2D eigenvalue weighted by atomic mass is 9.85. The van der Waals surface area contributed by atoms with Crippen LogP contribution in [0.4, 0.5) is 0 Å². The largest absolute Gasteiger partial charge is 0.489 e. The maximum absolute atomic E-state index is 11.7. The van der Waals surface area contributed by atoms with E-state index in [1.165, 1.54) is 0 Å². The molecule has 4 nitrogen and oxygen atoms in total. The summed E-state index contributed by atoms with van der Waals surface area (Å²) in [5.41, 5.74) is 0.761. The van der Waals surface area contributed by atoms with Crippen molar-refractivity contribution in [2.24, 2.45) is 0 Å². The maximum Gasteiger partial charge on any atom is 0.314 e. The van der Waals surface area contributed by atoms with Crippen LogP contribution in [0.25, 0.3) is 0 Å². The van der Waals surface area contributed by atoms with Gasteiger partial charge in [0.2, 0.25) is 0 Å². The summed E-state index contributed by atoms with van der Waals surface area (Å²) in [6.07, 6.45) is 2.06. The minimum absolute atomic E-state index is 0.117. The van der Waals surface area contributed by atoms with E-state index in [0.717, 1.165) is 17.5 Å². The fourth-order valence-corrected chi connectivity index (χ4v) is 3.41. The standard InChI is InChI=1S/C16H19ClO4/c1-9(2)12-13(16(4-5-16)15(18)19)10(17)8-11-14(12)21-7-3-6-20-11/h8-9H,3-7H2,1-2H3,(H,18,19). The zero-order valence-corrected chi connectivity index (χ0v) is 13.0. The molecule has 0 atom stereocenters. The molecule has 0 bridgehead atoms. The van der Waals surface area contributed by atoms with Crippen LogP contribution < -0.4 is 9.47 Å². The highest BCUT2D eigenvalue weighted by Crippen LogP contribution is 2.56. The van der Waals surface area contributed by atoms with E-state index in [-0.39, 0.29) is 5.92 Å². The van der Waals surface area contributed by atoms with Crippen molar-refractivity contribution in [2.45, 2.75) is 44.4 Å². The molecule has 0 unspecified atom stereocenters. The molecule has 0 spiro atoms. The first-order valence-corrected chi connectivity index (χ1v) is 7.71. The number of carbonyl (C=O) groups is 1. The third kappa shape index (κ3) is 2.26. The molecule has 1 aliphatic heterocycles. The van der Waals surface area contributed by atoms with E-state index in [2.05, 4.69) is 0 Å². The molecule has 21 heavy (non-hydrogen) atoms. The van der Waals surface area contributed by atoms with E-state index in [1.807, 2.05) is 13.8 Å². The van der Waals surface area contributed by atoms with Crippen LogP contribution in [0.2, 0.25) is 5.02 Å². The Kier molecular flexibility index (Phi) is 3.52. The van der Waals surface area contributed by atoms with Gasteiger partial charge in [0.05, 0.1) is 18.6 Å². The summed E-state index contributed by atoms with van der Waals surface area (Å²) in [7, 11) is 0. The maximum atomic E-state index is 11.7.